The van der Waals surface area contributed by atoms with Gasteiger partial charge in [0, 0.05) is 13.2 Å². The summed E-state index contributed by atoms with van der Waals surface area (Å²) in [7, 11) is 1.82. The van der Waals surface area contributed by atoms with Crippen molar-refractivity contribution < 1.29 is 0 Å². The highest BCUT2D eigenvalue weighted by Crippen LogP contribution is 2.05. The minimum Gasteiger partial charge on any atom is -0.319 e. The van der Waals surface area contributed by atoms with Gasteiger partial charge in [0.15, 0.2) is 0 Å². The zero-order valence-corrected chi connectivity index (χ0v) is 7.48. The van der Waals surface area contributed by atoms with E-state index >= 15 is 0 Å². The van der Waals surface area contributed by atoms with Crippen molar-refractivity contribution in [1.82, 2.24) is 14.5 Å². The zero-order valence-electron chi connectivity index (χ0n) is 7.48. The third-order valence-corrected chi connectivity index (χ3v) is 1.92. The summed E-state index contributed by atoms with van der Waals surface area (Å²) in [5.74, 6) is 0. The van der Waals surface area contributed by atoms with Gasteiger partial charge in [-0.25, -0.2) is 4.98 Å². The fourth-order valence-electron chi connectivity index (χ4n) is 1.26. The van der Waals surface area contributed by atoms with Crippen LogP contribution in [0.3, 0.4) is 0 Å². The maximum atomic E-state index is 11.3. The fourth-order valence-corrected chi connectivity index (χ4v) is 1.26. The van der Waals surface area contributed by atoms with E-state index in [1.54, 1.807) is 16.8 Å². The Balaban J connectivity index is 3.01. The molecular weight excluding hydrogens is 166 g/mol. The average Bonchev–Trinajstić information content (AvgIpc) is 2.12. The number of pyridine rings is 1. The molecule has 66 valence electrons. The van der Waals surface area contributed by atoms with Gasteiger partial charge >= 0.3 is 0 Å². The van der Waals surface area contributed by atoms with Crippen LogP contribution in [0.25, 0.3) is 11.0 Å². The summed E-state index contributed by atoms with van der Waals surface area (Å²) in [6, 6.07) is 1.80. The van der Waals surface area contributed by atoms with Crippen molar-refractivity contribution >= 4 is 11.0 Å². The van der Waals surface area contributed by atoms with Crippen LogP contribution < -0.4 is 5.56 Å². The van der Waals surface area contributed by atoms with Gasteiger partial charge in [0.2, 0.25) is 0 Å². The number of hydrogen-bond donors (Lipinski definition) is 0. The molecule has 2 rings (SSSR count). The molecule has 0 radical (unpaired) electrons. The van der Waals surface area contributed by atoms with E-state index in [0.29, 0.717) is 11.0 Å². The quantitative estimate of drug-likeness (QED) is 0.590. The van der Waals surface area contributed by atoms with Gasteiger partial charge in [0.1, 0.15) is 12.0 Å². The molecule has 0 bridgehead atoms. The zero-order chi connectivity index (χ0) is 9.42. The van der Waals surface area contributed by atoms with Gasteiger partial charge in [0.05, 0.1) is 5.39 Å². The van der Waals surface area contributed by atoms with Gasteiger partial charge in [0.25, 0.3) is 5.56 Å². The molecule has 0 saturated carbocycles. The Hall–Kier alpha value is -1.71. The van der Waals surface area contributed by atoms with E-state index < -0.39 is 0 Å². The Morgan fingerprint density at radius 1 is 1.38 bits per heavy atom. The van der Waals surface area contributed by atoms with Crippen LogP contribution in [0.4, 0.5) is 0 Å². The van der Waals surface area contributed by atoms with Crippen molar-refractivity contribution in [3.8, 4) is 0 Å². The second kappa shape index (κ2) is 2.65. The van der Waals surface area contributed by atoms with Gasteiger partial charge in [-0.1, -0.05) is 0 Å². The highest BCUT2D eigenvalue weighted by molar-refractivity contribution is 5.73. The van der Waals surface area contributed by atoms with E-state index in [1.165, 1.54) is 6.33 Å². The SMILES string of the molecule is Cc1cnc2c(c1)c(=O)ncn2C. The normalized spacial score (nSPS) is 10.6. The summed E-state index contributed by atoms with van der Waals surface area (Å²) in [4.78, 5) is 19.2. The van der Waals surface area contributed by atoms with Gasteiger partial charge in [-0.15, -0.1) is 0 Å². The van der Waals surface area contributed by atoms with E-state index in [9.17, 15) is 4.79 Å². The first kappa shape index (κ1) is 7.91. The summed E-state index contributed by atoms with van der Waals surface area (Å²) in [5.41, 5.74) is 1.42. The first-order valence-electron chi connectivity index (χ1n) is 3.96. The molecular formula is C9H9N3O. The van der Waals surface area contributed by atoms with Crippen LogP contribution in [0.5, 0.6) is 0 Å². The molecule has 4 heteroatoms. The molecule has 0 aliphatic carbocycles. The lowest BCUT2D eigenvalue weighted by Gasteiger charge is -2.02. The molecule has 0 unspecified atom stereocenters. The smallest absolute Gasteiger partial charge is 0.282 e. The summed E-state index contributed by atoms with van der Waals surface area (Å²) in [6.45, 7) is 1.90. The highest BCUT2D eigenvalue weighted by atomic mass is 16.1. The predicted molar refractivity (Wildman–Crippen MR) is 49.5 cm³/mol. The molecule has 13 heavy (non-hydrogen) atoms. The predicted octanol–water partition coefficient (Wildman–Crippen LogP) is 0.637. The maximum absolute atomic E-state index is 11.3. The van der Waals surface area contributed by atoms with Crippen LogP contribution in [0.15, 0.2) is 23.4 Å². The number of hydrogen-bond acceptors (Lipinski definition) is 3. The first-order valence-corrected chi connectivity index (χ1v) is 3.96. The average molecular weight is 175 g/mol. The highest BCUT2D eigenvalue weighted by Gasteiger charge is 2.01. The standard InChI is InChI=1S/C9H9N3O/c1-6-3-7-8(10-4-6)12(2)5-11-9(7)13/h3-5H,1-2H3. The molecule has 2 heterocycles. The van der Waals surface area contributed by atoms with Crippen molar-refractivity contribution in [2.24, 2.45) is 7.05 Å². The van der Waals surface area contributed by atoms with E-state index in [-0.39, 0.29) is 5.56 Å². The molecule has 0 spiro atoms. The van der Waals surface area contributed by atoms with Crippen molar-refractivity contribution in [2.75, 3.05) is 0 Å². The molecule has 0 amide bonds. The van der Waals surface area contributed by atoms with Crippen LogP contribution in [0.1, 0.15) is 5.56 Å². The first-order chi connectivity index (χ1) is 6.18. The molecule has 2 aromatic rings. The lowest BCUT2D eigenvalue weighted by Crippen LogP contribution is -2.11. The number of fused-ring (bicyclic) bond motifs is 1. The molecule has 0 aromatic carbocycles. The third kappa shape index (κ3) is 1.20. The topological polar surface area (TPSA) is 47.8 Å². The number of aromatic nitrogens is 3. The Kier molecular flexibility index (Phi) is 1.62. The van der Waals surface area contributed by atoms with Gasteiger partial charge < -0.3 is 4.57 Å². The van der Waals surface area contributed by atoms with Crippen molar-refractivity contribution in [2.45, 2.75) is 6.92 Å². The Morgan fingerprint density at radius 3 is 2.92 bits per heavy atom. The second-order valence-electron chi connectivity index (χ2n) is 3.04. The summed E-state index contributed by atoms with van der Waals surface area (Å²) in [5, 5.41) is 0.574. The minimum absolute atomic E-state index is 0.218. The van der Waals surface area contributed by atoms with Crippen LogP contribution in [0.2, 0.25) is 0 Å². The molecule has 4 nitrogen and oxygen atoms in total. The van der Waals surface area contributed by atoms with Crippen LogP contribution in [0, 0.1) is 6.92 Å². The van der Waals surface area contributed by atoms with Crippen LogP contribution in [-0.4, -0.2) is 14.5 Å². The van der Waals surface area contributed by atoms with E-state index in [0.717, 1.165) is 5.56 Å². The molecule has 0 aliphatic rings. The number of rotatable bonds is 0. The molecule has 0 atom stereocenters. The Bertz CT molecular complexity index is 516. The van der Waals surface area contributed by atoms with Crippen molar-refractivity contribution in [3.05, 3.63) is 34.5 Å². The Morgan fingerprint density at radius 2 is 2.15 bits per heavy atom. The monoisotopic (exact) mass is 175 g/mol. The molecule has 0 fully saturated rings. The minimum atomic E-state index is -0.218. The lowest BCUT2D eigenvalue weighted by atomic mass is 10.2. The summed E-state index contributed by atoms with van der Waals surface area (Å²) < 4.78 is 1.73. The molecule has 0 saturated heterocycles. The van der Waals surface area contributed by atoms with Crippen LogP contribution >= 0.6 is 0 Å². The molecule has 0 aliphatic heterocycles. The van der Waals surface area contributed by atoms with Crippen molar-refractivity contribution in [3.63, 3.8) is 0 Å². The van der Waals surface area contributed by atoms with Crippen LogP contribution in [-0.2, 0) is 7.05 Å². The largest absolute Gasteiger partial charge is 0.319 e. The third-order valence-electron chi connectivity index (χ3n) is 1.92. The summed E-state index contributed by atoms with van der Waals surface area (Å²) >= 11 is 0. The van der Waals surface area contributed by atoms with E-state index in [4.69, 9.17) is 0 Å². The van der Waals surface area contributed by atoms with Gasteiger partial charge in [-0.3, -0.25) is 4.79 Å². The Labute approximate surface area is 74.9 Å². The van der Waals surface area contributed by atoms with Gasteiger partial charge in [-0.05, 0) is 18.6 Å². The number of nitrogens with zero attached hydrogens (tertiary/aromatic N) is 3. The summed E-state index contributed by atoms with van der Waals surface area (Å²) in [6.07, 6.45) is 3.22. The van der Waals surface area contributed by atoms with E-state index in [1.807, 2.05) is 14.0 Å². The van der Waals surface area contributed by atoms with Crippen molar-refractivity contribution in [1.29, 1.82) is 0 Å². The molecule has 2 aromatic heterocycles. The van der Waals surface area contributed by atoms with E-state index in [2.05, 4.69) is 9.97 Å². The number of aryl methyl sites for hydroxylation is 2. The van der Waals surface area contributed by atoms with Gasteiger partial charge in [-0.2, -0.15) is 4.98 Å². The second-order valence-corrected chi connectivity index (χ2v) is 3.04. The lowest BCUT2D eigenvalue weighted by molar-refractivity contribution is 0.882. The molecule has 0 N–H and O–H groups in total. The maximum Gasteiger partial charge on any atom is 0.282 e. The fraction of sp³-hybridized carbons (Fsp3) is 0.222.